The number of hydrogen-bond donors (Lipinski definition) is 2. The molecule has 2 N–H and O–H groups in total. The average Bonchev–Trinajstić information content (AvgIpc) is 2.42. The van der Waals surface area contributed by atoms with Crippen LogP contribution in [0.1, 0.15) is 19.4 Å². The summed E-state index contributed by atoms with van der Waals surface area (Å²) in [6.07, 6.45) is -0.658. The fourth-order valence-corrected chi connectivity index (χ4v) is 1.83. The second kappa shape index (κ2) is 7.65. The molecule has 1 aromatic carbocycles. The van der Waals surface area contributed by atoms with Crippen molar-refractivity contribution in [1.82, 2.24) is 5.32 Å². The van der Waals surface area contributed by atoms with Gasteiger partial charge in [0.25, 0.3) is 0 Å². The van der Waals surface area contributed by atoms with Gasteiger partial charge in [-0.25, -0.2) is 4.79 Å². The predicted octanol–water partition coefficient (Wildman–Crippen LogP) is 1.47. The molecule has 0 fully saturated rings. The van der Waals surface area contributed by atoms with Gasteiger partial charge in [-0.2, -0.15) is 0 Å². The van der Waals surface area contributed by atoms with E-state index in [0.717, 1.165) is 5.56 Å². The summed E-state index contributed by atoms with van der Waals surface area (Å²) >= 11 is 0. The third kappa shape index (κ3) is 4.66. The van der Waals surface area contributed by atoms with Crippen molar-refractivity contribution in [2.24, 2.45) is 5.92 Å². The number of carboxylic acid groups (broad SMARTS) is 1. The van der Waals surface area contributed by atoms with Crippen LogP contribution in [0.2, 0.25) is 0 Å². The predicted molar refractivity (Wildman–Crippen MR) is 75.3 cm³/mol. The number of nitrogens with one attached hydrogen (secondary N) is 1. The van der Waals surface area contributed by atoms with Crippen molar-refractivity contribution in [2.45, 2.75) is 32.4 Å². The lowest BCUT2D eigenvalue weighted by Crippen LogP contribution is -2.42. The summed E-state index contributed by atoms with van der Waals surface area (Å²) in [5.74, 6) is -1.94. The Morgan fingerprint density at radius 1 is 1.25 bits per heavy atom. The first-order valence-corrected chi connectivity index (χ1v) is 6.60. The molecular weight excluding hydrogens is 258 g/mol. The van der Waals surface area contributed by atoms with Crippen molar-refractivity contribution in [1.29, 1.82) is 0 Å². The number of rotatable bonds is 7. The number of esters is 1. The van der Waals surface area contributed by atoms with E-state index in [-0.39, 0.29) is 5.92 Å². The van der Waals surface area contributed by atoms with Crippen LogP contribution in [0, 0.1) is 5.92 Å². The normalized spacial score (nSPS) is 13.8. The Morgan fingerprint density at radius 2 is 1.85 bits per heavy atom. The molecule has 20 heavy (non-hydrogen) atoms. The van der Waals surface area contributed by atoms with Crippen LogP contribution in [0.5, 0.6) is 0 Å². The number of aliphatic carboxylic acids is 1. The molecule has 0 radical (unpaired) electrons. The Hall–Kier alpha value is -1.88. The molecule has 0 amide bonds. The van der Waals surface area contributed by atoms with Crippen LogP contribution in [-0.4, -0.2) is 36.2 Å². The molecular formula is C15H21NO4. The second-order valence-electron chi connectivity index (χ2n) is 4.97. The van der Waals surface area contributed by atoms with Gasteiger partial charge in [-0.05, 0) is 19.0 Å². The van der Waals surface area contributed by atoms with Crippen LogP contribution in [0.3, 0.4) is 0 Å². The molecule has 0 aromatic heterocycles. The third-order valence-electron chi connectivity index (χ3n) is 3.01. The van der Waals surface area contributed by atoms with E-state index in [0.29, 0.717) is 6.42 Å². The Kier molecular flexibility index (Phi) is 6.18. The van der Waals surface area contributed by atoms with Gasteiger partial charge in [-0.15, -0.1) is 0 Å². The molecule has 2 atom stereocenters. The van der Waals surface area contributed by atoms with Crippen molar-refractivity contribution in [3.63, 3.8) is 0 Å². The van der Waals surface area contributed by atoms with Gasteiger partial charge in [-0.3, -0.25) is 4.79 Å². The Morgan fingerprint density at radius 3 is 2.30 bits per heavy atom. The summed E-state index contributed by atoms with van der Waals surface area (Å²) in [5.41, 5.74) is 0.986. The number of hydrogen-bond acceptors (Lipinski definition) is 4. The first kappa shape index (κ1) is 16.2. The van der Waals surface area contributed by atoms with Crippen molar-refractivity contribution in [3.8, 4) is 0 Å². The van der Waals surface area contributed by atoms with Crippen LogP contribution >= 0.6 is 0 Å². The molecule has 0 unspecified atom stereocenters. The number of likely N-dealkylation sites (N-methyl/N-ethyl adjacent to an activating group) is 1. The number of ether oxygens (including phenoxy) is 1. The van der Waals surface area contributed by atoms with Gasteiger partial charge in [0, 0.05) is 5.92 Å². The molecule has 0 heterocycles. The summed E-state index contributed by atoms with van der Waals surface area (Å²) < 4.78 is 5.10. The molecule has 0 saturated heterocycles. The molecule has 0 saturated carbocycles. The van der Waals surface area contributed by atoms with E-state index < -0.39 is 24.1 Å². The highest BCUT2D eigenvalue weighted by molar-refractivity contribution is 5.81. The lowest BCUT2D eigenvalue weighted by Gasteiger charge is -2.21. The zero-order valence-corrected chi connectivity index (χ0v) is 12.0. The molecule has 1 rings (SSSR count). The molecule has 0 bridgehead atoms. The van der Waals surface area contributed by atoms with E-state index in [1.54, 1.807) is 20.9 Å². The molecule has 0 aliphatic rings. The van der Waals surface area contributed by atoms with Gasteiger partial charge in [-0.1, -0.05) is 44.2 Å². The zero-order chi connectivity index (χ0) is 15.1. The third-order valence-corrected chi connectivity index (χ3v) is 3.01. The highest BCUT2D eigenvalue weighted by atomic mass is 16.6. The van der Waals surface area contributed by atoms with E-state index in [2.05, 4.69) is 5.32 Å². The SMILES string of the molecule is CN[C@H](Cc1ccccc1)C(=O)O[C@H](C(=O)O)C(C)C. The number of carbonyl (C=O) groups is 2. The Labute approximate surface area is 118 Å². The lowest BCUT2D eigenvalue weighted by molar-refractivity contribution is -0.168. The number of carbonyl (C=O) groups excluding carboxylic acids is 1. The van der Waals surface area contributed by atoms with Crippen molar-refractivity contribution >= 4 is 11.9 Å². The molecule has 0 aliphatic carbocycles. The lowest BCUT2D eigenvalue weighted by atomic mass is 10.1. The Bertz CT molecular complexity index is 444. The smallest absolute Gasteiger partial charge is 0.345 e. The van der Waals surface area contributed by atoms with Gasteiger partial charge in [0.2, 0.25) is 6.10 Å². The van der Waals surface area contributed by atoms with E-state index in [4.69, 9.17) is 9.84 Å². The fraction of sp³-hybridized carbons (Fsp3) is 0.467. The molecule has 0 aliphatic heterocycles. The van der Waals surface area contributed by atoms with Crippen LogP contribution in [-0.2, 0) is 20.7 Å². The first-order valence-electron chi connectivity index (χ1n) is 6.60. The Balaban J connectivity index is 2.69. The fourth-order valence-electron chi connectivity index (χ4n) is 1.83. The van der Waals surface area contributed by atoms with Gasteiger partial charge in [0.05, 0.1) is 0 Å². The van der Waals surface area contributed by atoms with E-state index in [1.165, 1.54) is 0 Å². The first-order chi connectivity index (χ1) is 9.45. The van der Waals surface area contributed by atoms with Gasteiger partial charge in [0.1, 0.15) is 6.04 Å². The van der Waals surface area contributed by atoms with Gasteiger partial charge >= 0.3 is 11.9 Å². The molecule has 110 valence electrons. The summed E-state index contributed by atoms with van der Waals surface area (Å²) in [6, 6.07) is 8.94. The summed E-state index contributed by atoms with van der Waals surface area (Å²) in [6.45, 7) is 3.41. The largest absolute Gasteiger partial charge is 0.478 e. The number of carboxylic acids is 1. The van der Waals surface area contributed by atoms with Crippen molar-refractivity contribution in [2.75, 3.05) is 7.05 Å². The van der Waals surface area contributed by atoms with E-state index >= 15 is 0 Å². The maximum atomic E-state index is 12.0. The van der Waals surface area contributed by atoms with E-state index in [1.807, 2.05) is 30.3 Å². The molecule has 5 nitrogen and oxygen atoms in total. The van der Waals surface area contributed by atoms with Crippen LogP contribution in [0.25, 0.3) is 0 Å². The molecule has 1 aromatic rings. The van der Waals surface area contributed by atoms with Gasteiger partial charge < -0.3 is 15.2 Å². The topological polar surface area (TPSA) is 75.6 Å². The average molecular weight is 279 g/mol. The highest BCUT2D eigenvalue weighted by Crippen LogP contribution is 2.10. The minimum atomic E-state index is -1.12. The quantitative estimate of drug-likeness (QED) is 0.739. The minimum Gasteiger partial charge on any atom is -0.478 e. The monoisotopic (exact) mass is 279 g/mol. The summed E-state index contributed by atoms with van der Waals surface area (Å²) in [4.78, 5) is 23.1. The second-order valence-corrected chi connectivity index (χ2v) is 4.97. The number of benzene rings is 1. The maximum Gasteiger partial charge on any atom is 0.345 e. The van der Waals surface area contributed by atoms with E-state index in [9.17, 15) is 9.59 Å². The van der Waals surface area contributed by atoms with Crippen molar-refractivity contribution < 1.29 is 19.4 Å². The van der Waals surface area contributed by atoms with Crippen LogP contribution in [0.4, 0.5) is 0 Å². The minimum absolute atomic E-state index is 0.273. The zero-order valence-electron chi connectivity index (χ0n) is 12.0. The highest BCUT2D eigenvalue weighted by Gasteiger charge is 2.29. The van der Waals surface area contributed by atoms with Crippen molar-refractivity contribution in [3.05, 3.63) is 35.9 Å². The summed E-state index contributed by atoms with van der Waals surface area (Å²) in [7, 11) is 1.65. The van der Waals surface area contributed by atoms with Gasteiger partial charge in [0.15, 0.2) is 0 Å². The maximum absolute atomic E-state index is 12.0. The molecule has 0 spiro atoms. The summed E-state index contributed by atoms with van der Waals surface area (Å²) in [5, 5.41) is 11.9. The molecule has 5 heteroatoms. The van der Waals surface area contributed by atoms with Crippen LogP contribution < -0.4 is 5.32 Å². The van der Waals surface area contributed by atoms with Crippen LogP contribution in [0.15, 0.2) is 30.3 Å². The standard InChI is InChI=1S/C15H21NO4/c1-10(2)13(14(17)18)20-15(19)12(16-3)9-11-7-5-4-6-8-11/h4-8,10,12-13,16H,9H2,1-3H3,(H,17,18)/t12-,13+/m1/s1.